The molecule has 1 atom stereocenters. The van der Waals surface area contributed by atoms with E-state index in [1.54, 1.807) is 31.5 Å². The molecule has 0 aliphatic rings. The van der Waals surface area contributed by atoms with Gasteiger partial charge in [0.25, 0.3) is 0 Å². The molecule has 1 heterocycles. The summed E-state index contributed by atoms with van der Waals surface area (Å²) in [4.78, 5) is 27.0. The minimum atomic E-state index is -0.631. The Morgan fingerprint density at radius 3 is 2.50 bits per heavy atom. The van der Waals surface area contributed by atoms with E-state index in [4.69, 9.17) is 9.47 Å². The van der Waals surface area contributed by atoms with Gasteiger partial charge in [0.2, 0.25) is 0 Å². The number of phenols is 1. The average Bonchev–Trinajstić information content (AvgIpc) is 2.46. The van der Waals surface area contributed by atoms with Gasteiger partial charge in [0.1, 0.15) is 17.6 Å². The van der Waals surface area contributed by atoms with Gasteiger partial charge >= 0.3 is 11.9 Å². The Hall–Kier alpha value is -2.89. The number of aromatic hydroxyl groups is 1. The van der Waals surface area contributed by atoms with Crippen molar-refractivity contribution in [2.45, 2.75) is 20.0 Å². The van der Waals surface area contributed by atoms with Crippen molar-refractivity contribution in [3.05, 3.63) is 53.9 Å². The first-order chi connectivity index (χ1) is 10.5. The third-order valence-electron chi connectivity index (χ3n) is 2.85. The molecule has 0 spiro atoms. The predicted octanol–water partition coefficient (Wildman–Crippen LogP) is 2.63. The number of esters is 2. The molecule has 0 radical (unpaired) electrons. The standard InChI is InChI=1S/C16H15NO5/c1-10(12-3-5-17-6-4-12)21-16(20)13-7-14(19)9-15(8-13)22-11(2)18/h3-10,19H,1-2H3/t10-/m0/s1. The Balaban J connectivity index is 2.15. The molecule has 0 saturated heterocycles. The maximum Gasteiger partial charge on any atom is 0.339 e. The third kappa shape index (κ3) is 4.05. The Morgan fingerprint density at radius 2 is 1.86 bits per heavy atom. The molecule has 1 N–H and O–H groups in total. The van der Waals surface area contributed by atoms with Crippen LogP contribution in [0.2, 0.25) is 0 Å². The van der Waals surface area contributed by atoms with Crippen molar-refractivity contribution in [1.82, 2.24) is 4.98 Å². The second-order valence-electron chi connectivity index (χ2n) is 4.64. The monoisotopic (exact) mass is 301 g/mol. The summed E-state index contributed by atoms with van der Waals surface area (Å²) < 4.78 is 10.2. The number of nitrogens with zero attached hydrogens (tertiary/aromatic N) is 1. The molecule has 114 valence electrons. The van der Waals surface area contributed by atoms with Crippen LogP contribution in [0, 0.1) is 0 Å². The zero-order valence-electron chi connectivity index (χ0n) is 12.1. The number of hydrogen-bond acceptors (Lipinski definition) is 6. The highest BCUT2D eigenvalue weighted by Gasteiger charge is 2.16. The number of pyridine rings is 1. The summed E-state index contributed by atoms with van der Waals surface area (Å²) in [5, 5.41) is 9.60. The number of carbonyl (C=O) groups excluding carboxylic acids is 2. The van der Waals surface area contributed by atoms with Gasteiger partial charge in [-0.15, -0.1) is 0 Å². The molecule has 1 aromatic heterocycles. The maximum atomic E-state index is 12.1. The largest absolute Gasteiger partial charge is 0.508 e. The zero-order valence-corrected chi connectivity index (χ0v) is 12.1. The number of carbonyl (C=O) groups is 2. The quantitative estimate of drug-likeness (QED) is 0.690. The summed E-state index contributed by atoms with van der Waals surface area (Å²) in [5.41, 5.74) is 0.890. The van der Waals surface area contributed by atoms with E-state index >= 15 is 0 Å². The summed E-state index contributed by atoms with van der Waals surface area (Å²) in [7, 11) is 0. The van der Waals surface area contributed by atoms with Gasteiger partial charge in [0.15, 0.2) is 0 Å². The molecule has 0 aliphatic heterocycles. The van der Waals surface area contributed by atoms with Gasteiger partial charge in [0.05, 0.1) is 5.56 Å². The summed E-state index contributed by atoms with van der Waals surface area (Å²) in [6.07, 6.45) is 2.73. The Bertz CT molecular complexity index is 684. The van der Waals surface area contributed by atoms with Crippen LogP contribution in [0.5, 0.6) is 11.5 Å². The first-order valence-electron chi connectivity index (χ1n) is 6.59. The second kappa shape index (κ2) is 6.71. The Labute approximate surface area is 127 Å². The molecule has 2 aromatic rings. The Morgan fingerprint density at radius 1 is 1.18 bits per heavy atom. The molecule has 0 saturated carbocycles. The van der Waals surface area contributed by atoms with Gasteiger partial charge in [-0.25, -0.2) is 4.79 Å². The smallest absolute Gasteiger partial charge is 0.339 e. The van der Waals surface area contributed by atoms with Crippen molar-refractivity contribution in [3.8, 4) is 11.5 Å². The van der Waals surface area contributed by atoms with E-state index in [0.717, 1.165) is 5.56 Å². The fourth-order valence-corrected chi connectivity index (χ4v) is 1.86. The van der Waals surface area contributed by atoms with Gasteiger partial charge in [-0.1, -0.05) is 0 Å². The van der Waals surface area contributed by atoms with Crippen molar-refractivity contribution >= 4 is 11.9 Å². The second-order valence-corrected chi connectivity index (χ2v) is 4.64. The van der Waals surface area contributed by atoms with E-state index in [9.17, 15) is 14.7 Å². The minimum Gasteiger partial charge on any atom is -0.508 e. The van der Waals surface area contributed by atoms with Crippen molar-refractivity contribution in [3.63, 3.8) is 0 Å². The van der Waals surface area contributed by atoms with Crippen LogP contribution in [0.25, 0.3) is 0 Å². The number of benzene rings is 1. The molecule has 6 nitrogen and oxygen atoms in total. The van der Waals surface area contributed by atoms with E-state index in [0.29, 0.717) is 0 Å². The number of hydrogen-bond donors (Lipinski definition) is 1. The molecule has 22 heavy (non-hydrogen) atoms. The fraction of sp³-hybridized carbons (Fsp3) is 0.188. The van der Waals surface area contributed by atoms with Crippen LogP contribution in [0.4, 0.5) is 0 Å². The van der Waals surface area contributed by atoms with Crippen LogP contribution in [0.3, 0.4) is 0 Å². The van der Waals surface area contributed by atoms with Crippen LogP contribution >= 0.6 is 0 Å². The molecule has 0 fully saturated rings. The zero-order chi connectivity index (χ0) is 16.1. The van der Waals surface area contributed by atoms with E-state index < -0.39 is 18.0 Å². The van der Waals surface area contributed by atoms with Crippen LogP contribution in [0.15, 0.2) is 42.7 Å². The van der Waals surface area contributed by atoms with E-state index in [-0.39, 0.29) is 17.1 Å². The molecular weight excluding hydrogens is 286 g/mol. The fourth-order valence-electron chi connectivity index (χ4n) is 1.86. The lowest BCUT2D eigenvalue weighted by atomic mass is 10.1. The van der Waals surface area contributed by atoms with E-state index in [1.165, 1.54) is 25.1 Å². The maximum absolute atomic E-state index is 12.1. The van der Waals surface area contributed by atoms with Crippen molar-refractivity contribution in [1.29, 1.82) is 0 Å². The lowest BCUT2D eigenvalue weighted by Crippen LogP contribution is -2.10. The van der Waals surface area contributed by atoms with Crippen molar-refractivity contribution in [2.24, 2.45) is 0 Å². The molecule has 2 rings (SSSR count). The Kier molecular flexibility index (Phi) is 4.73. The van der Waals surface area contributed by atoms with Crippen molar-refractivity contribution < 1.29 is 24.2 Å². The first-order valence-corrected chi connectivity index (χ1v) is 6.59. The van der Waals surface area contributed by atoms with Crippen LogP contribution in [-0.2, 0) is 9.53 Å². The third-order valence-corrected chi connectivity index (χ3v) is 2.85. The first kappa shape index (κ1) is 15.5. The predicted molar refractivity (Wildman–Crippen MR) is 77.5 cm³/mol. The summed E-state index contributed by atoms with van der Waals surface area (Å²) in [6.45, 7) is 2.95. The van der Waals surface area contributed by atoms with Crippen LogP contribution in [0.1, 0.15) is 35.9 Å². The number of ether oxygens (including phenoxy) is 2. The van der Waals surface area contributed by atoms with Gasteiger partial charge in [0, 0.05) is 25.4 Å². The molecule has 0 aliphatic carbocycles. The van der Waals surface area contributed by atoms with E-state index in [2.05, 4.69) is 4.98 Å². The SMILES string of the molecule is CC(=O)Oc1cc(O)cc(C(=O)O[C@@H](C)c2ccncc2)c1. The van der Waals surface area contributed by atoms with Gasteiger partial charge in [-0.3, -0.25) is 9.78 Å². The van der Waals surface area contributed by atoms with E-state index in [1.807, 2.05) is 0 Å². The van der Waals surface area contributed by atoms with Gasteiger partial charge in [-0.2, -0.15) is 0 Å². The molecule has 0 unspecified atom stereocenters. The van der Waals surface area contributed by atoms with Gasteiger partial charge < -0.3 is 14.6 Å². The van der Waals surface area contributed by atoms with Crippen molar-refractivity contribution in [2.75, 3.05) is 0 Å². The molecule has 6 heteroatoms. The highest BCUT2D eigenvalue weighted by molar-refractivity contribution is 5.90. The number of aromatic nitrogens is 1. The minimum absolute atomic E-state index is 0.0796. The highest BCUT2D eigenvalue weighted by atomic mass is 16.5. The molecule has 1 aromatic carbocycles. The molecule has 0 amide bonds. The summed E-state index contributed by atoms with van der Waals surface area (Å²) in [6, 6.07) is 7.30. The molecule has 0 bridgehead atoms. The average molecular weight is 301 g/mol. The highest BCUT2D eigenvalue weighted by Crippen LogP contribution is 2.24. The summed E-state index contributed by atoms with van der Waals surface area (Å²) in [5.74, 6) is -1.29. The number of phenolic OH excluding ortho intramolecular Hbond substituents is 1. The topological polar surface area (TPSA) is 85.7 Å². The normalized spacial score (nSPS) is 11.5. The van der Waals surface area contributed by atoms with Gasteiger partial charge in [-0.05, 0) is 36.8 Å². The number of rotatable bonds is 4. The lowest BCUT2D eigenvalue weighted by Gasteiger charge is -2.14. The van der Waals surface area contributed by atoms with Crippen LogP contribution < -0.4 is 4.74 Å². The van der Waals surface area contributed by atoms with Crippen LogP contribution in [-0.4, -0.2) is 22.0 Å². The summed E-state index contributed by atoms with van der Waals surface area (Å²) >= 11 is 0. The molecular formula is C16H15NO5. The lowest BCUT2D eigenvalue weighted by molar-refractivity contribution is -0.131.